The average Bonchev–Trinajstić information content (AvgIpc) is 1.97. The summed E-state index contributed by atoms with van der Waals surface area (Å²) in [4.78, 5) is 3.66. The minimum absolute atomic E-state index is 0.0689. The van der Waals surface area contributed by atoms with E-state index in [0.717, 1.165) is 0 Å². The van der Waals surface area contributed by atoms with Gasteiger partial charge in [0.05, 0.1) is 7.11 Å². The predicted molar refractivity (Wildman–Crippen MR) is 40.5 cm³/mol. The summed E-state index contributed by atoms with van der Waals surface area (Å²) in [6.07, 6.45) is 0. The Morgan fingerprint density at radius 3 is 2.82 bits per heavy atom. The zero-order valence-electron chi connectivity index (χ0n) is 6.19. The standard InChI is InChI=1S/C7H7ClFNO/c1-4-3-5(9)7(11-2)10-6(4)8/h3H,1-2H3. The molecule has 11 heavy (non-hydrogen) atoms. The van der Waals surface area contributed by atoms with Crippen LogP contribution in [0.1, 0.15) is 5.56 Å². The SMILES string of the molecule is COc1nc(Cl)c(C)cc1F. The molecule has 0 amide bonds. The summed E-state index contributed by atoms with van der Waals surface area (Å²) < 4.78 is 17.4. The second-order valence-electron chi connectivity index (χ2n) is 2.09. The molecule has 1 aromatic heterocycles. The van der Waals surface area contributed by atoms with Crippen molar-refractivity contribution in [1.82, 2.24) is 4.98 Å². The molecule has 0 spiro atoms. The molecule has 1 heterocycles. The first-order valence-electron chi connectivity index (χ1n) is 3.01. The number of methoxy groups -OCH3 is 1. The Labute approximate surface area is 69.0 Å². The Balaban J connectivity index is 3.21. The van der Waals surface area contributed by atoms with Gasteiger partial charge in [0.2, 0.25) is 0 Å². The highest BCUT2D eigenvalue weighted by Crippen LogP contribution is 2.20. The van der Waals surface area contributed by atoms with Crippen molar-refractivity contribution in [1.29, 1.82) is 0 Å². The molecular weight excluding hydrogens is 169 g/mol. The van der Waals surface area contributed by atoms with E-state index in [2.05, 4.69) is 9.72 Å². The Hall–Kier alpha value is -0.830. The van der Waals surface area contributed by atoms with Crippen molar-refractivity contribution in [2.24, 2.45) is 0 Å². The highest BCUT2D eigenvalue weighted by atomic mass is 35.5. The highest BCUT2D eigenvalue weighted by Gasteiger charge is 2.06. The van der Waals surface area contributed by atoms with Crippen LogP contribution >= 0.6 is 11.6 Å². The highest BCUT2D eigenvalue weighted by molar-refractivity contribution is 6.30. The fourth-order valence-electron chi connectivity index (χ4n) is 0.685. The number of aromatic nitrogens is 1. The molecule has 1 aromatic rings. The minimum Gasteiger partial charge on any atom is -0.479 e. The van der Waals surface area contributed by atoms with Crippen LogP contribution in [0, 0.1) is 12.7 Å². The van der Waals surface area contributed by atoms with Crippen LogP contribution in [0.4, 0.5) is 4.39 Å². The third kappa shape index (κ3) is 1.60. The molecule has 0 aromatic carbocycles. The zero-order valence-corrected chi connectivity index (χ0v) is 6.94. The summed E-state index contributed by atoms with van der Waals surface area (Å²) in [5.74, 6) is -0.560. The first-order valence-corrected chi connectivity index (χ1v) is 3.39. The fourth-order valence-corrected chi connectivity index (χ4v) is 0.817. The van der Waals surface area contributed by atoms with E-state index >= 15 is 0 Å². The molecule has 60 valence electrons. The lowest BCUT2D eigenvalue weighted by Gasteiger charge is -2.02. The molecule has 4 heteroatoms. The Morgan fingerprint density at radius 1 is 1.64 bits per heavy atom. The van der Waals surface area contributed by atoms with E-state index in [1.54, 1.807) is 6.92 Å². The summed E-state index contributed by atoms with van der Waals surface area (Å²) >= 11 is 5.61. The van der Waals surface area contributed by atoms with E-state index in [1.165, 1.54) is 13.2 Å². The number of hydrogen-bond donors (Lipinski definition) is 0. The van der Waals surface area contributed by atoms with Crippen molar-refractivity contribution in [2.45, 2.75) is 6.92 Å². The van der Waals surface area contributed by atoms with Crippen molar-refractivity contribution >= 4 is 11.6 Å². The summed E-state index contributed by atoms with van der Waals surface area (Å²) in [7, 11) is 1.34. The molecule has 0 bridgehead atoms. The minimum atomic E-state index is -0.491. The van der Waals surface area contributed by atoms with E-state index in [0.29, 0.717) is 5.56 Å². The number of ether oxygens (including phenoxy) is 1. The third-order valence-corrected chi connectivity index (χ3v) is 1.65. The van der Waals surface area contributed by atoms with Crippen molar-refractivity contribution in [2.75, 3.05) is 7.11 Å². The number of pyridine rings is 1. The van der Waals surface area contributed by atoms with Gasteiger partial charge >= 0.3 is 0 Å². The summed E-state index contributed by atoms with van der Waals surface area (Å²) in [5, 5.41) is 0.267. The number of aryl methyl sites for hydroxylation is 1. The van der Waals surface area contributed by atoms with E-state index in [4.69, 9.17) is 11.6 Å². The Kier molecular flexibility index (Phi) is 2.29. The van der Waals surface area contributed by atoms with Crippen molar-refractivity contribution in [3.05, 3.63) is 22.6 Å². The van der Waals surface area contributed by atoms with E-state index in [-0.39, 0.29) is 11.0 Å². The molecule has 0 unspecified atom stereocenters. The van der Waals surface area contributed by atoms with Crippen LogP contribution in [-0.4, -0.2) is 12.1 Å². The zero-order chi connectivity index (χ0) is 8.43. The quantitative estimate of drug-likeness (QED) is 0.611. The van der Waals surface area contributed by atoms with E-state index in [9.17, 15) is 4.39 Å². The number of halogens is 2. The first kappa shape index (κ1) is 8.27. The molecule has 0 N–H and O–H groups in total. The van der Waals surface area contributed by atoms with Crippen LogP contribution in [0.3, 0.4) is 0 Å². The fraction of sp³-hybridized carbons (Fsp3) is 0.286. The van der Waals surface area contributed by atoms with Gasteiger partial charge in [-0.2, -0.15) is 4.98 Å². The smallest absolute Gasteiger partial charge is 0.251 e. The maximum atomic E-state index is 12.8. The lowest BCUT2D eigenvalue weighted by atomic mass is 10.3. The molecule has 1 rings (SSSR count). The second kappa shape index (κ2) is 3.05. The number of hydrogen-bond acceptors (Lipinski definition) is 2. The molecule has 0 aliphatic heterocycles. The van der Waals surface area contributed by atoms with Gasteiger partial charge in [-0.1, -0.05) is 11.6 Å². The largest absolute Gasteiger partial charge is 0.479 e. The molecule has 0 atom stereocenters. The van der Waals surface area contributed by atoms with Crippen molar-refractivity contribution in [3.63, 3.8) is 0 Å². The summed E-state index contributed by atoms with van der Waals surface area (Å²) in [6, 6.07) is 1.29. The van der Waals surface area contributed by atoms with Crippen LogP contribution in [0.15, 0.2) is 6.07 Å². The first-order chi connectivity index (χ1) is 5.15. The van der Waals surface area contributed by atoms with Crippen LogP contribution in [0.5, 0.6) is 5.88 Å². The maximum absolute atomic E-state index is 12.8. The predicted octanol–water partition coefficient (Wildman–Crippen LogP) is 2.19. The normalized spacial score (nSPS) is 9.82. The topological polar surface area (TPSA) is 22.1 Å². The lowest BCUT2D eigenvalue weighted by Crippen LogP contribution is -1.93. The Morgan fingerprint density at radius 2 is 2.27 bits per heavy atom. The number of rotatable bonds is 1. The molecule has 0 saturated carbocycles. The van der Waals surface area contributed by atoms with Crippen molar-refractivity contribution < 1.29 is 9.13 Å². The van der Waals surface area contributed by atoms with Gasteiger partial charge in [0.15, 0.2) is 5.82 Å². The molecule has 0 radical (unpaired) electrons. The maximum Gasteiger partial charge on any atom is 0.251 e. The Bertz CT molecular complexity index is 277. The van der Waals surface area contributed by atoms with Crippen LogP contribution in [0.2, 0.25) is 5.15 Å². The molecular formula is C7H7ClFNO. The summed E-state index contributed by atoms with van der Waals surface area (Å²) in [5.41, 5.74) is 0.602. The van der Waals surface area contributed by atoms with E-state index < -0.39 is 5.82 Å². The van der Waals surface area contributed by atoms with Crippen LogP contribution < -0.4 is 4.74 Å². The van der Waals surface area contributed by atoms with Crippen LogP contribution in [-0.2, 0) is 0 Å². The van der Waals surface area contributed by atoms with Crippen molar-refractivity contribution in [3.8, 4) is 5.88 Å². The van der Waals surface area contributed by atoms with Gasteiger partial charge in [-0.3, -0.25) is 0 Å². The monoisotopic (exact) mass is 175 g/mol. The van der Waals surface area contributed by atoms with E-state index in [1.807, 2.05) is 0 Å². The lowest BCUT2D eigenvalue weighted by molar-refractivity contribution is 0.369. The molecule has 0 aliphatic rings. The van der Waals surface area contributed by atoms with Gasteiger partial charge in [-0.15, -0.1) is 0 Å². The third-order valence-electron chi connectivity index (χ3n) is 1.27. The number of nitrogens with zero attached hydrogens (tertiary/aromatic N) is 1. The van der Waals surface area contributed by atoms with Crippen LogP contribution in [0.25, 0.3) is 0 Å². The van der Waals surface area contributed by atoms with Gasteiger partial charge in [-0.25, -0.2) is 4.39 Å². The molecule has 2 nitrogen and oxygen atoms in total. The molecule has 0 fully saturated rings. The van der Waals surface area contributed by atoms with Gasteiger partial charge in [-0.05, 0) is 18.6 Å². The van der Waals surface area contributed by atoms with Gasteiger partial charge in [0.25, 0.3) is 5.88 Å². The summed E-state index contributed by atoms with van der Waals surface area (Å²) in [6.45, 7) is 1.68. The average molecular weight is 176 g/mol. The second-order valence-corrected chi connectivity index (χ2v) is 2.45. The van der Waals surface area contributed by atoms with Gasteiger partial charge in [0.1, 0.15) is 5.15 Å². The van der Waals surface area contributed by atoms with Gasteiger partial charge < -0.3 is 4.74 Å². The molecule has 0 aliphatic carbocycles. The molecule has 0 saturated heterocycles. The van der Waals surface area contributed by atoms with Gasteiger partial charge in [0, 0.05) is 0 Å².